The third-order valence-corrected chi connectivity index (χ3v) is 3.50. The first kappa shape index (κ1) is 12.1. The summed E-state index contributed by atoms with van der Waals surface area (Å²) < 4.78 is 5.52. The molecule has 1 aromatic heterocycles. The predicted octanol–water partition coefficient (Wildman–Crippen LogP) is 3.49. The van der Waals surface area contributed by atoms with Gasteiger partial charge in [0.2, 0.25) is 0 Å². The van der Waals surface area contributed by atoms with Gasteiger partial charge in [-0.05, 0) is 26.0 Å². The second kappa shape index (κ2) is 5.29. The third kappa shape index (κ3) is 2.84. The summed E-state index contributed by atoms with van der Waals surface area (Å²) in [5.74, 6) is 0. The van der Waals surface area contributed by atoms with Gasteiger partial charge in [-0.3, -0.25) is 0 Å². The molecule has 4 heteroatoms. The van der Waals surface area contributed by atoms with Gasteiger partial charge in [0.25, 0.3) is 0 Å². The Morgan fingerprint density at radius 3 is 2.71 bits per heavy atom. The number of anilines is 1. The van der Waals surface area contributed by atoms with Crippen LogP contribution in [0, 0.1) is 0 Å². The van der Waals surface area contributed by atoms with Crippen molar-refractivity contribution < 1.29 is 4.74 Å². The summed E-state index contributed by atoms with van der Waals surface area (Å²) >= 11 is 1.63. The quantitative estimate of drug-likeness (QED) is 0.842. The Kier molecular flexibility index (Phi) is 3.76. The molecule has 3 nitrogen and oxygen atoms in total. The van der Waals surface area contributed by atoms with E-state index >= 15 is 0 Å². The summed E-state index contributed by atoms with van der Waals surface area (Å²) in [6.45, 7) is 4.72. The number of ether oxygens (including phenoxy) is 1. The van der Waals surface area contributed by atoms with Crippen LogP contribution in [-0.4, -0.2) is 11.6 Å². The topological polar surface area (TPSA) is 48.1 Å². The van der Waals surface area contributed by atoms with Gasteiger partial charge in [-0.15, -0.1) is 11.3 Å². The van der Waals surface area contributed by atoms with Crippen LogP contribution in [0.5, 0.6) is 0 Å². The van der Waals surface area contributed by atoms with Gasteiger partial charge < -0.3 is 10.5 Å². The number of rotatable bonds is 4. The summed E-state index contributed by atoms with van der Waals surface area (Å²) in [6.07, 6.45) is 0.0625. The predicted molar refractivity (Wildman–Crippen MR) is 72.0 cm³/mol. The fourth-order valence-corrected chi connectivity index (χ4v) is 2.41. The molecule has 90 valence electrons. The zero-order valence-electron chi connectivity index (χ0n) is 10.0. The molecule has 17 heavy (non-hydrogen) atoms. The summed E-state index contributed by atoms with van der Waals surface area (Å²) in [5, 5.41) is 3.06. The van der Waals surface area contributed by atoms with Crippen LogP contribution in [0.1, 0.15) is 25.0 Å². The Labute approximate surface area is 105 Å². The molecular weight excluding hydrogens is 232 g/mol. The van der Waals surface area contributed by atoms with E-state index < -0.39 is 0 Å². The molecule has 0 saturated heterocycles. The zero-order chi connectivity index (χ0) is 12.3. The first-order valence-electron chi connectivity index (χ1n) is 5.63. The fourth-order valence-electron chi connectivity index (χ4n) is 1.58. The van der Waals surface area contributed by atoms with E-state index in [4.69, 9.17) is 10.5 Å². The van der Waals surface area contributed by atoms with Crippen molar-refractivity contribution in [3.8, 4) is 11.3 Å². The van der Waals surface area contributed by atoms with Crippen LogP contribution in [0.25, 0.3) is 11.3 Å². The van der Waals surface area contributed by atoms with Crippen molar-refractivity contribution in [2.24, 2.45) is 0 Å². The maximum Gasteiger partial charge on any atom is 0.122 e. The van der Waals surface area contributed by atoms with Crippen LogP contribution < -0.4 is 5.73 Å². The molecule has 1 unspecified atom stereocenters. The highest BCUT2D eigenvalue weighted by molar-refractivity contribution is 7.10. The number of nitrogens with zero attached hydrogens (tertiary/aromatic N) is 1. The molecule has 1 atom stereocenters. The zero-order valence-corrected chi connectivity index (χ0v) is 10.8. The van der Waals surface area contributed by atoms with Crippen LogP contribution in [0.3, 0.4) is 0 Å². The lowest BCUT2D eigenvalue weighted by Gasteiger charge is -2.06. The first-order chi connectivity index (χ1) is 8.20. The Balaban J connectivity index is 2.20. The van der Waals surface area contributed by atoms with Gasteiger partial charge in [0, 0.05) is 23.2 Å². The fraction of sp³-hybridized carbons (Fsp3) is 0.308. The minimum Gasteiger partial charge on any atom is -0.399 e. The Bertz CT molecular complexity index is 478. The molecule has 0 amide bonds. The lowest BCUT2D eigenvalue weighted by atomic mass is 10.1. The van der Waals surface area contributed by atoms with Crippen molar-refractivity contribution in [2.45, 2.75) is 20.0 Å². The van der Waals surface area contributed by atoms with Gasteiger partial charge in [0.15, 0.2) is 0 Å². The van der Waals surface area contributed by atoms with E-state index in [1.54, 1.807) is 11.3 Å². The lowest BCUT2D eigenvalue weighted by molar-refractivity contribution is 0.0762. The molecular formula is C13H16N2OS. The van der Waals surface area contributed by atoms with Crippen molar-refractivity contribution in [1.29, 1.82) is 0 Å². The van der Waals surface area contributed by atoms with E-state index in [0.29, 0.717) is 6.61 Å². The van der Waals surface area contributed by atoms with Gasteiger partial charge in [-0.25, -0.2) is 4.98 Å². The molecule has 1 aromatic carbocycles. The van der Waals surface area contributed by atoms with Crippen LogP contribution in [0.15, 0.2) is 29.6 Å². The lowest BCUT2D eigenvalue weighted by Crippen LogP contribution is -1.98. The molecule has 0 aliphatic rings. The molecule has 1 heterocycles. The number of hydrogen-bond acceptors (Lipinski definition) is 4. The SMILES string of the molecule is CCOC(C)c1nc(-c2ccc(N)cc2)cs1. The molecule has 2 N–H and O–H groups in total. The van der Waals surface area contributed by atoms with E-state index in [2.05, 4.69) is 10.4 Å². The summed E-state index contributed by atoms with van der Waals surface area (Å²) in [5.41, 5.74) is 8.50. The molecule has 0 fully saturated rings. The van der Waals surface area contributed by atoms with Crippen LogP contribution in [-0.2, 0) is 4.74 Å². The standard InChI is InChI=1S/C13H16N2OS/c1-3-16-9(2)13-15-12(8-17-13)10-4-6-11(14)7-5-10/h4-9H,3,14H2,1-2H3. The van der Waals surface area contributed by atoms with Gasteiger partial charge in [0.1, 0.15) is 11.1 Å². The summed E-state index contributed by atoms with van der Waals surface area (Å²) in [4.78, 5) is 4.58. The average molecular weight is 248 g/mol. The van der Waals surface area contributed by atoms with Crippen molar-refractivity contribution >= 4 is 17.0 Å². The van der Waals surface area contributed by atoms with E-state index in [-0.39, 0.29) is 6.10 Å². The molecule has 0 aliphatic heterocycles. The molecule has 2 aromatic rings. The van der Waals surface area contributed by atoms with Crippen molar-refractivity contribution in [2.75, 3.05) is 12.3 Å². The molecule has 0 spiro atoms. The van der Waals surface area contributed by atoms with Crippen molar-refractivity contribution in [3.05, 3.63) is 34.7 Å². The highest BCUT2D eigenvalue weighted by atomic mass is 32.1. The number of thiazole rings is 1. The smallest absolute Gasteiger partial charge is 0.122 e. The highest BCUT2D eigenvalue weighted by Gasteiger charge is 2.11. The Morgan fingerprint density at radius 1 is 1.35 bits per heavy atom. The minimum absolute atomic E-state index is 0.0625. The number of nitrogens with two attached hydrogens (primary N) is 1. The molecule has 0 radical (unpaired) electrons. The molecule has 0 saturated carbocycles. The molecule has 0 bridgehead atoms. The highest BCUT2D eigenvalue weighted by Crippen LogP contribution is 2.27. The molecule has 0 aliphatic carbocycles. The Hall–Kier alpha value is -1.39. The number of aromatic nitrogens is 1. The maximum atomic E-state index is 5.66. The van der Waals surface area contributed by atoms with Crippen LogP contribution in [0.2, 0.25) is 0 Å². The normalized spacial score (nSPS) is 12.6. The number of hydrogen-bond donors (Lipinski definition) is 1. The van der Waals surface area contributed by atoms with E-state index in [9.17, 15) is 0 Å². The first-order valence-corrected chi connectivity index (χ1v) is 6.51. The number of nitrogen functional groups attached to an aromatic ring is 1. The van der Waals surface area contributed by atoms with Crippen LogP contribution >= 0.6 is 11.3 Å². The van der Waals surface area contributed by atoms with Gasteiger partial charge >= 0.3 is 0 Å². The third-order valence-electron chi connectivity index (χ3n) is 2.49. The average Bonchev–Trinajstić information content (AvgIpc) is 2.80. The van der Waals surface area contributed by atoms with Crippen molar-refractivity contribution in [1.82, 2.24) is 4.98 Å². The second-order valence-electron chi connectivity index (χ2n) is 3.79. The largest absolute Gasteiger partial charge is 0.399 e. The summed E-state index contributed by atoms with van der Waals surface area (Å²) in [7, 11) is 0. The summed E-state index contributed by atoms with van der Waals surface area (Å²) in [6, 6.07) is 7.75. The molecule has 2 rings (SSSR count). The monoisotopic (exact) mass is 248 g/mol. The second-order valence-corrected chi connectivity index (χ2v) is 4.68. The van der Waals surface area contributed by atoms with E-state index in [1.807, 2.05) is 38.1 Å². The van der Waals surface area contributed by atoms with E-state index in [1.165, 1.54) is 0 Å². The van der Waals surface area contributed by atoms with Gasteiger partial charge in [0.05, 0.1) is 5.69 Å². The van der Waals surface area contributed by atoms with Crippen LogP contribution in [0.4, 0.5) is 5.69 Å². The minimum atomic E-state index is 0.0625. The van der Waals surface area contributed by atoms with Crippen molar-refractivity contribution in [3.63, 3.8) is 0 Å². The van der Waals surface area contributed by atoms with Gasteiger partial charge in [-0.1, -0.05) is 12.1 Å². The van der Waals surface area contributed by atoms with E-state index in [0.717, 1.165) is 22.0 Å². The number of benzene rings is 1. The Morgan fingerprint density at radius 2 is 2.06 bits per heavy atom. The van der Waals surface area contributed by atoms with Gasteiger partial charge in [-0.2, -0.15) is 0 Å². The maximum absolute atomic E-state index is 5.66.